The fraction of sp³-hybridized carbons (Fsp3) is 0.923. The number of rotatable bonds is 3. The third-order valence-corrected chi connectivity index (χ3v) is 4.22. The average Bonchev–Trinajstić information content (AvgIpc) is 2.78. The molecule has 2 aliphatic rings. The van der Waals surface area contributed by atoms with Gasteiger partial charge in [0, 0.05) is 38.1 Å². The molecule has 3 unspecified atom stereocenters. The third-order valence-electron chi connectivity index (χ3n) is 4.22. The first-order valence-corrected chi connectivity index (χ1v) is 6.57. The van der Waals surface area contributed by atoms with Gasteiger partial charge in [0.1, 0.15) is 5.78 Å². The van der Waals surface area contributed by atoms with Crippen molar-refractivity contribution in [2.75, 3.05) is 19.7 Å². The van der Waals surface area contributed by atoms with Crippen molar-refractivity contribution in [3.63, 3.8) is 0 Å². The highest BCUT2D eigenvalue weighted by atomic mass is 16.5. The van der Waals surface area contributed by atoms with E-state index in [1.807, 2.05) is 0 Å². The first-order valence-electron chi connectivity index (χ1n) is 6.57. The van der Waals surface area contributed by atoms with Crippen molar-refractivity contribution < 1.29 is 9.53 Å². The van der Waals surface area contributed by atoms with E-state index in [0.29, 0.717) is 17.9 Å². The molecule has 92 valence electrons. The third kappa shape index (κ3) is 2.64. The zero-order chi connectivity index (χ0) is 11.5. The Morgan fingerprint density at radius 3 is 2.94 bits per heavy atom. The summed E-state index contributed by atoms with van der Waals surface area (Å²) in [5.74, 6) is 0.638. The lowest BCUT2D eigenvalue weighted by Crippen LogP contribution is -2.47. The molecule has 3 nitrogen and oxygen atoms in total. The van der Waals surface area contributed by atoms with Crippen LogP contribution in [0.4, 0.5) is 0 Å². The highest BCUT2D eigenvalue weighted by Gasteiger charge is 2.30. The second-order valence-corrected chi connectivity index (χ2v) is 5.21. The first-order chi connectivity index (χ1) is 7.68. The molecule has 2 rings (SSSR count). The normalized spacial score (nSPS) is 36.9. The number of carbonyl (C=O) groups excluding carboxylic acids is 1. The van der Waals surface area contributed by atoms with Crippen molar-refractivity contribution in [2.45, 2.75) is 51.7 Å². The second-order valence-electron chi connectivity index (χ2n) is 5.21. The van der Waals surface area contributed by atoms with Crippen molar-refractivity contribution in [1.82, 2.24) is 4.90 Å². The zero-order valence-electron chi connectivity index (χ0n) is 10.4. The molecule has 3 heteroatoms. The van der Waals surface area contributed by atoms with Crippen molar-refractivity contribution in [2.24, 2.45) is 5.92 Å². The fourth-order valence-corrected chi connectivity index (χ4v) is 2.77. The van der Waals surface area contributed by atoms with E-state index in [0.717, 1.165) is 32.5 Å². The molecular formula is C13H23NO2. The molecule has 2 fully saturated rings. The molecule has 3 atom stereocenters. The Morgan fingerprint density at radius 1 is 1.44 bits per heavy atom. The summed E-state index contributed by atoms with van der Waals surface area (Å²) < 4.78 is 5.63. The van der Waals surface area contributed by atoms with E-state index >= 15 is 0 Å². The molecule has 0 N–H and O–H groups in total. The molecule has 16 heavy (non-hydrogen) atoms. The van der Waals surface area contributed by atoms with Gasteiger partial charge < -0.3 is 4.74 Å². The molecule has 0 amide bonds. The van der Waals surface area contributed by atoms with Gasteiger partial charge >= 0.3 is 0 Å². The first kappa shape index (κ1) is 12.1. The summed E-state index contributed by atoms with van der Waals surface area (Å²) in [6, 6.07) is 0.405. The molecule has 2 saturated heterocycles. The smallest absolute Gasteiger partial charge is 0.138 e. The molecule has 0 aromatic heterocycles. The molecule has 0 aliphatic carbocycles. The number of Topliss-reactive ketones (excluding diaryl/α,β-unsaturated/α-hetero) is 1. The Bertz CT molecular complexity index is 248. The van der Waals surface area contributed by atoms with Crippen LogP contribution in [-0.2, 0) is 9.53 Å². The molecule has 0 saturated carbocycles. The van der Waals surface area contributed by atoms with Gasteiger partial charge in [-0.05, 0) is 26.2 Å². The molecule has 0 radical (unpaired) electrons. The number of ketones is 1. The van der Waals surface area contributed by atoms with Crippen LogP contribution in [0.2, 0.25) is 0 Å². The minimum absolute atomic E-state index is 0.207. The van der Waals surface area contributed by atoms with Crippen LogP contribution in [0.5, 0.6) is 0 Å². The SMILES string of the molecule is CC1C(=O)CCN(CCC2CCCO2)C1C. The molecule has 0 aromatic rings. The summed E-state index contributed by atoms with van der Waals surface area (Å²) in [7, 11) is 0. The summed E-state index contributed by atoms with van der Waals surface area (Å²) >= 11 is 0. The molecule has 0 spiro atoms. The van der Waals surface area contributed by atoms with Crippen LogP contribution in [0, 0.1) is 5.92 Å². The summed E-state index contributed by atoms with van der Waals surface area (Å²) in [6.07, 6.45) is 4.77. The zero-order valence-corrected chi connectivity index (χ0v) is 10.4. The highest BCUT2D eigenvalue weighted by molar-refractivity contribution is 5.82. The van der Waals surface area contributed by atoms with E-state index < -0.39 is 0 Å². The Morgan fingerprint density at radius 2 is 2.25 bits per heavy atom. The number of likely N-dealkylation sites (tertiary alicyclic amines) is 1. The lowest BCUT2D eigenvalue weighted by Gasteiger charge is -2.37. The van der Waals surface area contributed by atoms with E-state index in [1.165, 1.54) is 12.8 Å². The Kier molecular flexibility index (Phi) is 3.98. The Balaban J connectivity index is 1.78. The fourth-order valence-electron chi connectivity index (χ4n) is 2.77. The number of carbonyl (C=O) groups is 1. The van der Waals surface area contributed by atoms with Gasteiger partial charge in [-0.1, -0.05) is 6.92 Å². The van der Waals surface area contributed by atoms with Crippen molar-refractivity contribution in [3.8, 4) is 0 Å². The van der Waals surface area contributed by atoms with Crippen LogP contribution in [-0.4, -0.2) is 42.5 Å². The van der Waals surface area contributed by atoms with Gasteiger partial charge in [0.15, 0.2) is 0 Å². The minimum Gasteiger partial charge on any atom is -0.378 e. The van der Waals surface area contributed by atoms with Gasteiger partial charge in [-0.15, -0.1) is 0 Å². The van der Waals surface area contributed by atoms with Gasteiger partial charge in [-0.3, -0.25) is 9.69 Å². The van der Waals surface area contributed by atoms with Gasteiger partial charge in [0.2, 0.25) is 0 Å². The van der Waals surface area contributed by atoms with E-state index in [1.54, 1.807) is 0 Å². The van der Waals surface area contributed by atoms with E-state index in [-0.39, 0.29) is 5.92 Å². The molecule has 0 aromatic carbocycles. The maximum atomic E-state index is 11.6. The number of hydrogen-bond donors (Lipinski definition) is 0. The van der Waals surface area contributed by atoms with Crippen LogP contribution in [0.1, 0.15) is 39.5 Å². The monoisotopic (exact) mass is 225 g/mol. The van der Waals surface area contributed by atoms with E-state index in [4.69, 9.17) is 4.74 Å². The molecule has 2 heterocycles. The number of ether oxygens (including phenoxy) is 1. The van der Waals surface area contributed by atoms with Crippen LogP contribution >= 0.6 is 0 Å². The van der Waals surface area contributed by atoms with Gasteiger partial charge in [0.05, 0.1) is 6.10 Å². The van der Waals surface area contributed by atoms with Crippen molar-refractivity contribution >= 4 is 5.78 Å². The quantitative estimate of drug-likeness (QED) is 0.734. The highest BCUT2D eigenvalue weighted by Crippen LogP contribution is 2.22. The van der Waals surface area contributed by atoms with Crippen LogP contribution in [0.25, 0.3) is 0 Å². The maximum Gasteiger partial charge on any atom is 0.138 e. The minimum atomic E-state index is 0.207. The van der Waals surface area contributed by atoms with Crippen molar-refractivity contribution in [1.29, 1.82) is 0 Å². The average molecular weight is 225 g/mol. The molecule has 2 aliphatic heterocycles. The molecular weight excluding hydrogens is 202 g/mol. The summed E-state index contributed by atoms with van der Waals surface area (Å²) in [4.78, 5) is 14.0. The summed E-state index contributed by atoms with van der Waals surface area (Å²) in [5, 5.41) is 0. The lowest BCUT2D eigenvalue weighted by atomic mass is 9.90. The summed E-state index contributed by atoms with van der Waals surface area (Å²) in [6.45, 7) is 7.21. The summed E-state index contributed by atoms with van der Waals surface area (Å²) in [5.41, 5.74) is 0. The topological polar surface area (TPSA) is 29.5 Å². The van der Waals surface area contributed by atoms with E-state index in [9.17, 15) is 4.79 Å². The van der Waals surface area contributed by atoms with Gasteiger partial charge in [0.25, 0.3) is 0 Å². The molecule has 0 bridgehead atoms. The van der Waals surface area contributed by atoms with Crippen LogP contribution in [0.15, 0.2) is 0 Å². The number of piperidine rings is 1. The van der Waals surface area contributed by atoms with E-state index in [2.05, 4.69) is 18.7 Å². The standard InChI is InChI=1S/C13H23NO2/c1-10-11(2)14(8-6-13(10)15)7-5-12-4-3-9-16-12/h10-12H,3-9H2,1-2H3. The van der Waals surface area contributed by atoms with Crippen LogP contribution in [0.3, 0.4) is 0 Å². The van der Waals surface area contributed by atoms with Crippen LogP contribution < -0.4 is 0 Å². The largest absolute Gasteiger partial charge is 0.378 e. The number of hydrogen-bond acceptors (Lipinski definition) is 3. The predicted molar refractivity (Wildman–Crippen MR) is 63.4 cm³/mol. The van der Waals surface area contributed by atoms with Gasteiger partial charge in [-0.25, -0.2) is 0 Å². The predicted octanol–water partition coefficient (Wildman–Crippen LogP) is 1.85. The Labute approximate surface area is 98.1 Å². The van der Waals surface area contributed by atoms with Gasteiger partial charge in [-0.2, -0.15) is 0 Å². The second kappa shape index (κ2) is 5.28. The Hall–Kier alpha value is -0.410. The lowest BCUT2D eigenvalue weighted by molar-refractivity contribution is -0.127. The maximum absolute atomic E-state index is 11.6. The van der Waals surface area contributed by atoms with Crippen molar-refractivity contribution in [3.05, 3.63) is 0 Å². The number of nitrogens with zero attached hydrogens (tertiary/aromatic N) is 1.